The zero-order chi connectivity index (χ0) is 12.5. The van der Waals surface area contributed by atoms with Gasteiger partial charge in [0.2, 0.25) is 11.8 Å². The predicted octanol–water partition coefficient (Wildman–Crippen LogP) is 3.25. The molecule has 0 fully saturated rings. The minimum absolute atomic E-state index is 0.433. The van der Waals surface area contributed by atoms with Gasteiger partial charge in [-0.3, -0.25) is 0 Å². The first-order valence-electron chi connectivity index (χ1n) is 6.84. The molecule has 1 atom stereocenters. The molecule has 4 heteroatoms. The molecule has 0 saturated carbocycles. The summed E-state index contributed by atoms with van der Waals surface area (Å²) in [7, 11) is 0. The van der Waals surface area contributed by atoms with Crippen LogP contribution in [0, 0.1) is 0 Å². The van der Waals surface area contributed by atoms with Crippen molar-refractivity contribution in [2.75, 3.05) is 6.54 Å². The first-order chi connectivity index (χ1) is 8.31. The van der Waals surface area contributed by atoms with Crippen LogP contribution >= 0.6 is 0 Å². The zero-order valence-electron chi connectivity index (χ0n) is 11.3. The molecular formula is C13H25N3O. The SMILES string of the molecule is CCCCC(CC)c1nnc(CNCCC)o1. The van der Waals surface area contributed by atoms with Crippen molar-refractivity contribution in [1.29, 1.82) is 0 Å². The Morgan fingerprint density at radius 1 is 1.18 bits per heavy atom. The molecule has 0 spiro atoms. The fraction of sp³-hybridized carbons (Fsp3) is 0.846. The molecule has 1 aromatic heterocycles. The first kappa shape index (κ1) is 14.2. The molecule has 1 rings (SSSR count). The number of nitrogens with one attached hydrogen (secondary N) is 1. The summed E-state index contributed by atoms with van der Waals surface area (Å²) in [5.41, 5.74) is 0. The lowest BCUT2D eigenvalue weighted by Gasteiger charge is -2.08. The third kappa shape index (κ3) is 4.86. The largest absolute Gasteiger partial charge is 0.424 e. The number of hydrogen-bond donors (Lipinski definition) is 1. The molecule has 0 saturated heterocycles. The lowest BCUT2D eigenvalue weighted by molar-refractivity contribution is 0.385. The van der Waals surface area contributed by atoms with Crippen LogP contribution in [0.4, 0.5) is 0 Å². The van der Waals surface area contributed by atoms with E-state index in [0.717, 1.165) is 31.7 Å². The van der Waals surface area contributed by atoms with E-state index in [1.807, 2.05) is 0 Å². The second kappa shape index (κ2) is 8.23. The average Bonchev–Trinajstić information content (AvgIpc) is 2.79. The van der Waals surface area contributed by atoms with Crippen LogP contribution in [-0.4, -0.2) is 16.7 Å². The molecule has 98 valence electrons. The summed E-state index contributed by atoms with van der Waals surface area (Å²) >= 11 is 0. The molecule has 1 aromatic rings. The molecule has 0 aliphatic rings. The van der Waals surface area contributed by atoms with Gasteiger partial charge in [-0.15, -0.1) is 10.2 Å². The van der Waals surface area contributed by atoms with Gasteiger partial charge in [0, 0.05) is 5.92 Å². The van der Waals surface area contributed by atoms with Crippen LogP contribution in [0.25, 0.3) is 0 Å². The monoisotopic (exact) mass is 239 g/mol. The highest BCUT2D eigenvalue weighted by Crippen LogP contribution is 2.24. The van der Waals surface area contributed by atoms with Crippen molar-refractivity contribution in [3.8, 4) is 0 Å². The fourth-order valence-corrected chi connectivity index (χ4v) is 1.83. The van der Waals surface area contributed by atoms with E-state index in [4.69, 9.17) is 4.42 Å². The van der Waals surface area contributed by atoms with Crippen LogP contribution in [0.5, 0.6) is 0 Å². The molecule has 0 amide bonds. The topological polar surface area (TPSA) is 51.0 Å². The van der Waals surface area contributed by atoms with E-state index < -0.39 is 0 Å². The van der Waals surface area contributed by atoms with Gasteiger partial charge in [-0.2, -0.15) is 0 Å². The van der Waals surface area contributed by atoms with Gasteiger partial charge >= 0.3 is 0 Å². The molecule has 17 heavy (non-hydrogen) atoms. The number of rotatable bonds is 9. The lowest BCUT2D eigenvalue weighted by Crippen LogP contribution is -2.13. The van der Waals surface area contributed by atoms with E-state index in [9.17, 15) is 0 Å². The first-order valence-corrected chi connectivity index (χ1v) is 6.84. The number of aromatic nitrogens is 2. The highest BCUT2D eigenvalue weighted by Gasteiger charge is 2.16. The van der Waals surface area contributed by atoms with Crippen molar-refractivity contribution < 1.29 is 4.42 Å². The summed E-state index contributed by atoms with van der Waals surface area (Å²) in [4.78, 5) is 0. The predicted molar refractivity (Wildman–Crippen MR) is 68.9 cm³/mol. The average molecular weight is 239 g/mol. The van der Waals surface area contributed by atoms with E-state index >= 15 is 0 Å². The maximum atomic E-state index is 5.70. The van der Waals surface area contributed by atoms with E-state index in [0.29, 0.717) is 18.4 Å². The highest BCUT2D eigenvalue weighted by atomic mass is 16.4. The summed E-state index contributed by atoms with van der Waals surface area (Å²) in [5, 5.41) is 11.5. The van der Waals surface area contributed by atoms with Crippen molar-refractivity contribution in [3.63, 3.8) is 0 Å². The summed E-state index contributed by atoms with van der Waals surface area (Å²) in [5.74, 6) is 1.96. The van der Waals surface area contributed by atoms with E-state index in [2.05, 4.69) is 36.3 Å². The molecule has 0 aliphatic heterocycles. The second-order valence-corrected chi connectivity index (χ2v) is 4.46. The molecular weight excluding hydrogens is 214 g/mol. The zero-order valence-corrected chi connectivity index (χ0v) is 11.3. The Balaban J connectivity index is 2.46. The maximum Gasteiger partial charge on any atom is 0.230 e. The van der Waals surface area contributed by atoms with Crippen molar-refractivity contribution in [2.24, 2.45) is 0 Å². The van der Waals surface area contributed by atoms with Crippen molar-refractivity contribution >= 4 is 0 Å². The normalized spacial score (nSPS) is 12.9. The van der Waals surface area contributed by atoms with Gasteiger partial charge in [-0.25, -0.2) is 0 Å². The Bertz CT molecular complexity index is 299. The Morgan fingerprint density at radius 2 is 2.00 bits per heavy atom. The summed E-state index contributed by atoms with van der Waals surface area (Å²) in [6.07, 6.45) is 5.79. The standard InChI is InChI=1S/C13H25N3O/c1-4-7-8-11(6-3)13-16-15-12(17-13)10-14-9-5-2/h11,14H,4-10H2,1-3H3. The van der Waals surface area contributed by atoms with E-state index in [1.165, 1.54) is 12.8 Å². The van der Waals surface area contributed by atoms with Crippen molar-refractivity contribution in [1.82, 2.24) is 15.5 Å². The number of unbranched alkanes of at least 4 members (excludes halogenated alkanes) is 1. The van der Waals surface area contributed by atoms with Gasteiger partial charge in [0.1, 0.15) is 0 Å². The minimum atomic E-state index is 0.433. The summed E-state index contributed by atoms with van der Waals surface area (Å²) < 4.78 is 5.70. The molecule has 4 nitrogen and oxygen atoms in total. The molecule has 0 radical (unpaired) electrons. The van der Waals surface area contributed by atoms with Gasteiger partial charge in [0.15, 0.2) is 0 Å². The van der Waals surface area contributed by atoms with Crippen molar-refractivity contribution in [2.45, 2.75) is 65.3 Å². The van der Waals surface area contributed by atoms with Crippen LogP contribution in [-0.2, 0) is 6.54 Å². The third-order valence-corrected chi connectivity index (χ3v) is 2.93. The Labute approximate surface area is 104 Å². The van der Waals surface area contributed by atoms with Gasteiger partial charge < -0.3 is 9.73 Å². The summed E-state index contributed by atoms with van der Waals surface area (Å²) in [6.45, 7) is 8.21. The number of hydrogen-bond acceptors (Lipinski definition) is 4. The Morgan fingerprint density at radius 3 is 2.65 bits per heavy atom. The van der Waals surface area contributed by atoms with Crippen LogP contribution in [0.2, 0.25) is 0 Å². The minimum Gasteiger partial charge on any atom is -0.424 e. The van der Waals surface area contributed by atoms with Gasteiger partial charge in [-0.1, -0.05) is 33.6 Å². The maximum absolute atomic E-state index is 5.70. The number of nitrogens with zero attached hydrogens (tertiary/aromatic N) is 2. The molecule has 0 aromatic carbocycles. The van der Waals surface area contributed by atoms with Gasteiger partial charge in [0.05, 0.1) is 6.54 Å². The Hall–Kier alpha value is -0.900. The lowest BCUT2D eigenvalue weighted by atomic mass is 10.00. The molecule has 0 bridgehead atoms. The van der Waals surface area contributed by atoms with Crippen LogP contribution < -0.4 is 5.32 Å². The van der Waals surface area contributed by atoms with Gasteiger partial charge in [-0.05, 0) is 25.8 Å². The van der Waals surface area contributed by atoms with E-state index in [1.54, 1.807) is 0 Å². The molecule has 1 N–H and O–H groups in total. The third-order valence-electron chi connectivity index (χ3n) is 2.93. The quantitative estimate of drug-likeness (QED) is 0.672. The molecule has 1 heterocycles. The van der Waals surface area contributed by atoms with Crippen molar-refractivity contribution in [3.05, 3.63) is 11.8 Å². The van der Waals surface area contributed by atoms with Crippen LogP contribution in [0.15, 0.2) is 4.42 Å². The summed E-state index contributed by atoms with van der Waals surface area (Å²) in [6, 6.07) is 0. The smallest absolute Gasteiger partial charge is 0.230 e. The van der Waals surface area contributed by atoms with Crippen LogP contribution in [0.1, 0.15) is 70.6 Å². The second-order valence-electron chi connectivity index (χ2n) is 4.46. The Kier molecular flexibility index (Phi) is 6.86. The highest BCUT2D eigenvalue weighted by molar-refractivity contribution is 4.90. The fourth-order valence-electron chi connectivity index (χ4n) is 1.83. The van der Waals surface area contributed by atoms with Gasteiger partial charge in [0.25, 0.3) is 0 Å². The molecule has 1 unspecified atom stereocenters. The van der Waals surface area contributed by atoms with Crippen LogP contribution in [0.3, 0.4) is 0 Å². The molecule has 0 aliphatic carbocycles. The van der Waals surface area contributed by atoms with E-state index in [-0.39, 0.29) is 0 Å².